The molecule has 2 aromatic rings. The van der Waals surface area contributed by atoms with Crippen molar-refractivity contribution in [3.63, 3.8) is 0 Å². The van der Waals surface area contributed by atoms with Crippen molar-refractivity contribution in [3.8, 4) is 11.5 Å². The fourth-order valence-electron chi connectivity index (χ4n) is 3.16. The SMILES string of the molecule is COc1ccc2c(c1)CCc1ccc(O)cc1CCN(C)C2. The molecule has 0 amide bonds. The van der Waals surface area contributed by atoms with Crippen LogP contribution in [0.25, 0.3) is 0 Å². The molecule has 0 fully saturated rings. The average Bonchev–Trinajstić information content (AvgIpc) is 2.52. The van der Waals surface area contributed by atoms with Crippen LogP contribution in [0.5, 0.6) is 11.5 Å². The summed E-state index contributed by atoms with van der Waals surface area (Å²) in [6, 6.07) is 12.2. The Balaban J connectivity index is 1.96. The Labute approximate surface area is 132 Å². The van der Waals surface area contributed by atoms with E-state index >= 15 is 0 Å². The largest absolute Gasteiger partial charge is 0.508 e. The summed E-state index contributed by atoms with van der Waals surface area (Å²) in [6.45, 7) is 1.94. The highest BCUT2D eigenvalue weighted by Gasteiger charge is 2.13. The van der Waals surface area contributed by atoms with Crippen LogP contribution in [0.4, 0.5) is 0 Å². The third kappa shape index (κ3) is 3.25. The number of hydrogen-bond donors (Lipinski definition) is 1. The average molecular weight is 297 g/mol. The van der Waals surface area contributed by atoms with Gasteiger partial charge in [-0.2, -0.15) is 0 Å². The minimum atomic E-state index is 0.362. The summed E-state index contributed by atoms with van der Waals surface area (Å²) >= 11 is 0. The normalized spacial score (nSPS) is 15.7. The van der Waals surface area contributed by atoms with E-state index in [2.05, 4.69) is 30.1 Å². The number of hydrogen-bond acceptors (Lipinski definition) is 3. The number of likely N-dealkylation sites (N-methyl/N-ethyl adjacent to an activating group) is 1. The Morgan fingerprint density at radius 1 is 0.909 bits per heavy atom. The number of ether oxygens (including phenoxy) is 1. The quantitative estimate of drug-likeness (QED) is 0.877. The zero-order valence-electron chi connectivity index (χ0n) is 13.3. The van der Waals surface area contributed by atoms with Crippen molar-refractivity contribution in [1.82, 2.24) is 4.90 Å². The van der Waals surface area contributed by atoms with Gasteiger partial charge in [-0.1, -0.05) is 12.1 Å². The van der Waals surface area contributed by atoms with Crippen LogP contribution in [-0.2, 0) is 25.8 Å². The third-order valence-corrected chi connectivity index (χ3v) is 4.47. The van der Waals surface area contributed by atoms with Crippen molar-refractivity contribution in [2.75, 3.05) is 20.7 Å². The first kappa shape index (κ1) is 14.9. The first-order valence-electron chi connectivity index (χ1n) is 7.81. The minimum absolute atomic E-state index is 0.362. The van der Waals surface area contributed by atoms with Crippen LogP contribution in [0.2, 0.25) is 0 Å². The maximum absolute atomic E-state index is 9.74. The predicted molar refractivity (Wildman–Crippen MR) is 88.5 cm³/mol. The number of nitrogens with zero attached hydrogens (tertiary/aromatic N) is 1. The van der Waals surface area contributed by atoms with Crippen LogP contribution in [0.15, 0.2) is 36.4 Å². The van der Waals surface area contributed by atoms with Crippen LogP contribution in [-0.4, -0.2) is 30.7 Å². The molecule has 3 nitrogen and oxygen atoms in total. The van der Waals surface area contributed by atoms with Crippen molar-refractivity contribution in [1.29, 1.82) is 0 Å². The smallest absolute Gasteiger partial charge is 0.119 e. The second kappa shape index (κ2) is 6.41. The third-order valence-electron chi connectivity index (χ3n) is 4.47. The van der Waals surface area contributed by atoms with Gasteiger partial charge in [0.15, 0.2) is 0 Å². The van der Waals surface area contributed by atoms with Crippen LogP contribution in [0.1, 0.15) is 22.3 Å². The number of aryl methyl sites for hydroxylation is 2. The topological polar surface area (TPSA) is 32.7 Å². The molecular formula is C19H23NO2. The van der Waals surface area contributed by atoms with Crippen molar-refractivity contribution >= 4 is 0 Å². The van der Waals surface area contributed by atoms with Crippen LogP contribution in [0, 0.1) is 0 Å². The van der Waals surface area contributed by atoms with Crippen LogP contribution >= 0.6 is 0 Å². The number of aromatic hydroxyl groups is 1. The molecule has 0 radical (unpaired) electrons. The van der Waals surface area contributed by atoms with Gasteiger partial charge in [-0.05, 0) is 72.8 Å². The highest BCUT2D eigenvalue weighted by atomic mass is 16.5. The van der Waals surface area contributed by atoms with E-state index in [0.29, 0.717) is 5.75 Å². The molecule has 0 aliphatic carbocycles. The number of phenols is 1. The molecule has 0 saturated heterocycles. The zero-order chi connectivity index (χ0) is 15.5. The molecule has 0 atom stereocenters. The molecule has 1 N–H and O–H groups in total. The molecule has 0 spiro atoms. The summed E-state index contributed by atoms with van der Waals surface area (Å²) < 4.78 is 5.37. The Morgan fingerprint density at radius 2 is 1.64 bits per heavy atom. The fraction of sp³-hybridized carbons (Fsp3) is 0.368. The molecule has 2 aromatic carbocycles. The summed E-state index contributed by atoms with van der Waals surface area (Å²) in [5.74, 6) is 1.28. The molecule has 1 aliphatic heterocycles. The first-order valence-corrected chi connectivity index (χ1v) is 7.81. The van der Waals surface area contributed by atoms with E-state index in [4.69, 9.17) is 4.74 Å². The zero-order valence-corrected chi connectivity index (χ0v) is 13.3. The molecule has 3 heteroatoms. The lowest BCUT2D eigenvalue weighted by Crippen LogP contribution is -2.23. The molecule has 1 heterocycles. The van der Waals surface area contributed by atoms with Crippen LogP contribution in [0.3, 0.4) is 0 Å². The van der Waals surface area contributed by atoms with E-state index in [-0.39, 0.29) is 0 Å². The van der Waals surface area contributed by atoms with Gasteiger partial charge in [0.25, 0.3) is 0 Å². The molecule has 1 aliphatic rings. The minimum Gasteiger partial charge on any atom is -0.508 e. The summed E-state index contributed by atoms with van der Waals surface area (Å²) in [5.41, 5.74) is 5.33. The van der Waals surface area contributed by atoms with Gasteiger partial charge in [-0.3, -0.25) is 0 Å². The number of benzene rings is 2. The standard InChI is InChI=1S/C19H23NO2/c1-20-10-9-16-11-18(21)7-5-14(16)3-4-15-12-19(22-2)8-6-17(15)13-20/h5-8,11-12,21H,3-4,9-10,13H2,1-2H3. The molecule has 22 heavy (non-hydrogen) atoms. The van der Waals surface area contributed by atoms with Gasteiger partial charge >= 0.3 is 0 Å². The summed E-state index contributed by atoms with van der Waals surface area (Å²) in [5, 5.41) is 9.74. The molecule has 0 bridgehead atoms. The maximum atomic E-state index is 9.74. The highest BCUT2D eigenvalue weighted by molar-refractivity contribution is 5.39. The van der Waals surface area contributed by atoms with Gasteiger partial charge in [0.05, 0.1) is 7.11 Å². The Kier molecular flexibility index (Phi) is 4.34. The number of fused-ring (bicyclic) bond motifs is 2. The van der Waals surface area contributed by atoms with Crippen molar-refractivity contribution < 1.29 is 9.84 Å². The van der Waals surface area contributed by atoms with Gasteiger partial charge in [-0.15, -0.1) is 0 Å². The molecular weight excluding hydrogens is 274 g/mol. The lowest BCUT2D eigenvalue weighted by molar-refractivity contribution is 0.328. The first-order chi connectivity index (χ1) is 10.7. The fourth-order valence-corrected chi connectivity index (χ4v) is 3.16. The van der Waals surface area contributed by atoms with Gasteiger partial charge in [0.2, 0.25) is 0 Å². The molecule has 3 rings (SSSR count). The van der Waals surface area contributed by atoms with E-state index in [1.54, 1.807) is 13.2 Å². The van der Waals surface area contributed by atoms with E-state index in [1.807, 2.05) is 12.1 Å². The van der Waals surface area contributed by atoms with E-state index < -0.39 is 0 Å². The molecule has 0 saturated carbocycles. The Bertz CT molecular complexity index is 666. The monoisotopic (exact) mass is 297 g/mol. The number of methoxy groups -OCH3 is 1. The Morgan fingerprint density at radius 3 is 2.45 bits per heavy atom. The number of rotatable bonds is 1. The van der Waals surface area contributed by atoms with Crippen molar-refractivity contribution in [3.05, 3.63) is 58.7 Å². The lowest BCUT2D eigenvalue weighted by atomic mass is 9.94. The Hall–Kier alpha value is -2.00. The number of phenolic OH excluding ortho intramolecular Hbond substituents is 1. The van der Waals surface area contributed by atoms with Crippen molar-refractivity contribution in [2.24, 2.45) is 0 Å². The van der Waals surface area contributed by atoms with E-state index in [1.165, 1.54) is 22.3 Å². The van der Waals surface area contributed by atoms with Gasteiger partial charge in [-0.25, -0.2) is 0 Å². The van der Waals surface area contributed by atoms with Gasteiger partial charge in [0, 0.05) is 13.1 Å². The van der Waals surface area contributed by atoms with Crippen molar-refractivity contribution in [2.45, 2.75) is 25.8 Å². The summed E-state index contributed by atoms with van der Waals surface area (Å²) in [6.07, 6.45) is 2.98. The highest BCUT2D eigenvalue weighted by Crippen LogP contribution is 2.25. The lowest BCUT2D eigenvalue weighted by Gasteiger charge is -2.22. The summed E-state index contributed by atoms with van der Waals surface area (Å²) in [4.78, 5) is 2.34. The molecule has 0 aromatic heterocycles. The second-order valence-electron chi connectivity index (χ2n) is 6.08. The van der Waals surface area contributed by atoms with Gasteiger partial charge in [0.1, 0.15) is 11.5 Å². The van der Waals surface area contributed by atoms with Gasteiger partial charge < -0.3 is 14.7 Å². The summed E-state index contributed by atoms with van der Waals surface area (Å²) in [7, 11) is 3.87. The van der Waals surface area contributed by atoms with E-state index in [0.717, 1.165) is 38.1 Å². The molecule has 116 valence electrons. The second-order valence-corrected chi connectivity index (χ2v) is 6.08. The van der Waals surface area contributed by atoms with E-state index in [9.17, 15) is 5.11 Å². The predicted octanol–water partition coefficient (Wildman–Crippen LogP) is 3.17. The molecule has 0 unspecified atom stereocenters. The maximum Gasteiger partial charge on any atom is 0.119 e. The van der Waals surface area contributed by atoms with Crippen LogP contribution < -0.4 is 4.74 Å².